The van der Waals surface area contributed by atoms with Gasteiger partial charge in [-0.2, -0.15) is 0 Å². The molecule has 15 heavy (non-hydrogen) atoms. The molecular weight excluding hydrogens is 186 g/mol. The standard InChI is InChI=1S/C13H15NO/c1-9-5-3-4-6-12(9)13-7-11(8-15)10(2)14-13/h3-7,14-15H,8H2,1-2H3. The number of aliphatic hydroxyl groups is 1. The Morgan fingerprint density at radius 2 is 1.93 bits per heavy atom. The summed E-state index contributed by atoms with van der Waals surface area (Å²) >= 11 is 0. The molecule has 2 aromatic rings. The van der Waals surface area contributed by atoms with Gasteiger partial charge in [-0.3, -0.25) is 0 Å². The molecule has 1 aromatic carbocycles. The molecule has 2 N–H and O–H groups in total. The van der Waals surface area contributed by atoms with Gasteiger partial charge in [0.15, 0.2) is 0 Å². The van der Waals surface area contributed by atoms with Crippen LogP contribution in [-0.2, 0) is 6.61 Å². The lowest BCUT2D eigenvalue weighted by Crippen LogP contribution is -1.82. The molecule has 0 aliphatic carbocycles. The van der Waals surface area contributed by atoms with E-state index < -0.39 is 0 Å². The predicted octanol–water partition coefficient (Wildman–Crippen LogP) is 2.79. The van der Waals surface area contributed by atoms with E-state index in [2.05, 4.69) is 24.0 Å². The molecule has 0 aliphatic heterocycles. The van der Waals surface area contributed by atoms with Gasteiger partial charge in [0, 0.05) is 17.0 Å². The first-order valence-corrected chi connectivity index (χ1v) is 5.07. The quantitative estimate of drug-likeness (QED) is 0.770. The van der Waals surface area contributed by atoms with Crippen LogP contribution in [0.4, 0.5) is 0 Å². The van der Waals surface area contributed by atoms with Gasteiger partial charge in [0.25, 0.3) is 0 Å². The fraction of sp³-hybridized carbons (Fsp3) is 0.231. The second-order valence-corrected chi connectivity index (χ2v) is 3.81. The van der Waals surface area contributed by atoms with Crippen LogP contribution in [0.25, 0.3) is 11.3 Å². The Bertz CT molecular complexity index is 471. The third kappa shape index (κ3) is 1.81. The molecule has 0 radical (unpaired) electrons. The summed E-state index contributed by atoms with van der Waals surface area (Å²) < 4.78 is 0. The predicted molar refractivity (Wildman–Crippen MR) is 61.6 cm³/mol. The first-order valence-electron chi connectivity index (χ1n) is 5.07. The largest absolute Gasteiger partial charge is 0.392 e. The number of benzene rings is 1. The third-order valence-corrected chi connectivity index (χ3v) is 2.73. The van der Waals surface area contributed by atoms with Crippen molar-refractivity contribution < 1.29 is 5.11 Å². The van der Waals surface area contributed by atoms with Gasteiger partial charge >= 0.3 is 0 Å². The number of aliphatic hydroxyl groups excluding tert-OH is 1. The summed E-state index contributed by atoms with van der Waals surface area (Å²) in [5.74, 6) is 0. The molecule has 0 bridgehead atoms. The SMILES string of the molecule is Cc1ccccc1-c1cc(CO)c(C)[nH]1. The number of hydrogen-bond acceptors (Lipinski definition) is 1. The molecule has 0 spiro atoms. The van der Waals surface area contributed by atoms with Gasteiger partial charge in [-0.1, -0.05) is 24.3 Å². The average Bonchev–Trinajstić information content (AvgIpc) is 2.60. The van der Waals surface area contributed by atoms with E-state index in [0.717, 1.165) is 17.0 Å². The second-order valence-electron chi connectivity index (χ2n) is 3.81. The summed E-state index contributed by atoms with van der Waals surface area (Å²) in [5.41, 5.74) is 5.52. The zero-order chi connectivity index (χ0) is 10.8. The Hall–Kier alpha value is -1.54. The Labute approximate surface area is 89.6 Å². The van der Waals surface area contributed by atoms with Crippen molar-refractivity contribution in [3.63, 3.8) is 0 Å². The number of hydrogen-bond donors (Lipinski definition) is 2. The Kier molecular flexibility index (Phi) is 2.60. The molecule has 0 saturated carbocycles. The van der Waals surface area contributed by atoms with Gasteiger partial charge in [-0.05, 0) is 31.0 Å². The number of nitrogens with one attached hydrogen (secondary N) is 1. The zero-order valence-electron chi connectivity index (χ0n) is 9.04. The monoisotopic (exact) mass is 201 g/mol. The van der Waals surface area contributed by atoms with Crippen LogP contribution in [-0.4, -0.2) is 10.1 Å². The van der Waals surface area contributed by atoms with Gasteiger partial charge in [0.1, 0.15) is 0 Å². The van der Waals surface area contributed by atoms with Gasteiger partial charge in [0.05, 0.1) is 6.61 Å². The molecule has 2 rings (SSSR count). The van der Waals surface area contributed by atoms with Crippen molar-refractivity contribution in [3.8, 4) is 11.3 Å². The second kappa shape index (κ2) is 3.91. The van der Waals surface area contributed by atoms with E-state index in [-0.39, 0.29) is 6.61 Å². The molecule has 0 unspecified atom stereocenters. The summed E-state index contributed by atoms with van der Waals surface area (Å²) in [6, 6.07) is 10.2. The van der Waals surface area contributed by atoms with Crippen LogP contribution < -0.4 is 0 Å². The van der Waals surface area contributed by atoms with Crippen molar-refractivity contribution in [1.82, 2.24) is 4.98 Å². The molecular formula is C13H15NO. The molecule has 0 amide bonds. The molecule has 0 saturated heterocycles. The normalized spacial score (nSPS) is 10.6. The Morgan fingerprint density at radius 3 is 2.53 bits per heavy atom. The van der Waals surface area contributed by atoms with Gasteiger partial charge in [-0.25, -0.2) is 0 Å². The molecule has 78 valence electrons. The van der Waals surface area contributed by atoms with E-state index in [1.165, 1.54) is 11.1 Å². The van der Waals surface area contributed by atoms with E-state index in [9.17, 15) is 0 Å². The maximum atomic E-state index is 9.13. The van der Waals surface area contributed by atoms with E-state index in [1.807, 2.05) is 25.1 Å². The van der Waals surface area contributed by atoms with Crippen molar-refractivity contribution in [2.24, 2.45) is 0 Å². The summed E-state index contributed by atoms with van der Waals surface area (Å²) in [6.45, 7) is 4.16. The highest BCUT2D eigenvalue weighted by Gasteiger charge is 2.06. The van der Waals surface area contributed by atoms with Crippen molar-refractivity contribution in [3.05, 3.63) is 47.2 Å². The first kappa shape index (κ1) is 9.99. The number of aromatic amines is 1. The fourth-order valence-corrected chi connectivity index (χ4v) is 1.79. The van der Waals surface area contributed by atoms with Gasteiger partial charge in [0.2, 0.25) is 0 Å². The van der Waals surface area contributed by atoms with Crippen LogP contribution in [0.2, 0.25) is 0 Å². The maximum Gasteiger partial charge on any atom is 0.0699 e. The highest BCUT2D eigenvalue weighted by Crippen LogP contribution is 2.24. The Morgan fingerprint density at radius 1 is 1.20 bits per heavy atom. The molecule has 0 fully saturated rings. The maximum absolute atomic E-state index is 9.13. The van der Waals surface area contributed by atoms with Gasteiger partial charge in [-0.15, -0.1) is 0 Å². The lowest BCUT2D eigenvalue weighted by atomic mass is 10.1. The van der Waals surface area contributed by atoms with E-state index in [1.54, 1.807) is 0 Å². The zero-order valence-corrected chi connectivity index (χ0v) is 9.04. The summed E-state index contributed by atoms with van der Waals surface area (Å²) in [6.07, 6.45) is 0. The third-order valence-electron chi connectivity index (χ3n) is 2.73. The summed E-state index contributed by atoms with van der Waals surface area (Å²) in [7, 11) is 0. The van der Waals surface area contributed by atoms with E-state index in [4.69, 9.17) is 5.11 Å². The summed E-state index contributed by atoms with van der Waals surface area (Å²) in [4.78, 5) is 3.29. The fourth-order valence-electron chi connectivity index (χ4n) is 1.79. The van der Waals surface area contributed by atoms with Crippen LogP contribution in [0.15, 0.2) is 30.3 Å². The lowest BCUT2D eigenvalue weighted by Gasteiger charge is -2.01. The van der Waals surface area contributed by atoms with Gasteiger partial charge < -0.3 is 10.1 Å². The smallest absolute Gasteiger partial charge is 0.0699 e. The van der Waals surface area contributed by atoms with Crippen molar-refractivity contribution in [1.29, 1.82) is 0 Å². The van der Waals surface area contributed by atoms with Crippen LogP contribution in [0.1, 0.15) is 16.8 Å². The molecule has 0 aliphatic rings. The molecule has 1 aromatic heterocycles. The minimum Gasteiger partial charge on any atom is -0.392 e. The van der Waals surface area contributed by atoms with E-state index in [0.29, 0.717) is 0 Å². The van der Waals surface area contributed by atoms with Crippen LogP contribution in [0.3, 0.4) is 0 Å². The number of aryl methyl sites for hydroxylation is 2. The highest BCUT2D eigenvalue weighted by atomic mass is 16.3. The first-order chi connectivity index (χ1) is 7.22. The van der Waals surface area contributed by atoms with Crippen molar-refractivity contribution >= 4 is 0 Å². The van der Waals surface area contributed by atoms with Crippen molar-refractivity contribution in [2.75, 3.05) is 0 Å². The number of rotatable bonds is 2. The minimum absolute atomic E-state index is 0.0915. The molecule has 1 heterocycles. The number of aromatic nitrogens is 1. The topological polar surface area (TPSA) is 36.0 Å². The highest BCUT2D eigenvalue weighted by molar-refractivity contribution is 5.65. The van der Waals surface area contributed by atoms with Crippen LogP contribution >= 0.6 is 0 Å². The van der Waals surface area contributed by atoms with E-state index >= 15 is 0 Å². The van der Waals surface area contributed by atoms with Crippen molar-refractivity contribution in [2.45, 2.75) is 20.5 Å². The van der Waals surface area contributed by atoms with Crippen LogP contribution in [0.5, 0.6) is 0 Å². The number of H-pyrrole nitrogens is 1. The average molecular weight is 201 g/mol. The summed E-state index contributed by atoms with van der Waals surface area (Å²) in [5, 5.41) is 9.13. The minimum atomic E-state index is 0.0915. The lowest BCUT2D eigenvalue weighted by molar-refractivity contribution is 0.281. The molecule has 2 nitrogen and oxygen atoms in total. The Balaban J connectivity index is 2.50. The molecule has 2 heteroatoms. The molecule has 0 atom stereocenters. The van der Waals surface area contributed by atoms with Crippen LogP contribution in [0, 0.1) is 13.8 Å².